The molecule has 2 amide bonds. The molecule has 0 unspecified atom stereocenters. The lowest BCUT2D eigenvalue weighted by atomic mass is 10.2. The highest BCUT2D eigenvalue weighted by molar-refractivity contribution is 5.71. The van der Waals surface area contributed by atoms with E-state index < -0.39 is 6.03 Å². The number of rotatable bonds is 7. The van der Waals surface area contributed by atoms with Crippen LogP contribution in [0.4, 0.5) is 4.79 Å². The first-order valence-corrected chi connectivity index (χ1v) is 5.68. The summed E-state index contributed by atoms with van der Waals surface area (Å²) in [6, 6.07) is 7.38. The Hall–Kier alpha value is -1.75. The van der Waals surface area contributed by atoms with Gasteiger partial charge in [0.05, 0.1) is 6.61 Å². The van der Waals surface area contributed by atoms with Gasteiger partial charge in [0.1, 0.15) is 5.75 Å². The van der Waals surface area contributed by atoms with Gasteiger partial charge in [-0.3, -0.25) is 0 Å². The molecule has 0 bridgehead atoms. The van der Waals surface area contributed by atoms with E-state index in [0.717, 1.165) is 11.3 Å². The molecule has 4 N–H and O–H groups in total. The number of nitrogens with one attached hydrogen (secondary N) is 2. The number of hydrogen-bond acceptors (Lipinski definition) is 3. The largest absolute Gasteiger partial charge is 0.494 e. The Kier molecular flexibility index (Phi) is 5.88. The smallest absolute Gasteiger partial charge is 0.312 e. The predicted octanol–water partition coefficient (Wildman–Crippen LogP) is 0.843. The molecule has 1 aromatic rings. The fourth-order valence-corrected chi connectivity index (χ4v) is 1.44. The molecule has 5 heteroatoms. The molecule has 1 aromatic carbocycles. The molecule has 0 aliphatic rings. The number of ether oxygens (including phenoxy) is 1. The monoisotopic (exact) mass is 237 g/mol. The van der Waals surface area contributed by atoms with E-state index in [1.165, 1.54) is 0 Å². The number of carbonyl (C=O) groups is 1. The van der Waals surface area contributed by atoms with E-state index in [2.05, 4.69) is 10.6 Å². The van der Waals surface area contributed by atoms with Crippen molar-refractivity contribution in [3.63, 3.8) is 0 Å². The normalized spacial score (nSPS) is 9.94. The number of para-hydroxylation sites is 1. The number of urea groups is 1. The summed E-state index contributed by atoms with van der Waals surface area (Å²) in [5.41, 5.74) is 6.06. The van der Waals surface area contributed by atoms with Crippen LogP contribution in [0.15, 0.2) is 24.3 Å². The van der Waals surface area contributed by atoms with Gasteiger partial charge in [0.2, 0.25) is 0 Å². The molecule has 0 saturated heterocycles. The predicted molar refractivity (Wildman–Crippen MR) is 66.9 cm³/mol. The first kappa shape index (κ1) is 13.3. The van der Waals surface area contributed by atoms with E-state index in [9.17, 15) is 4.79 Å². The highest BCUT2D eigenvalue weighted by Gasteiger charge is 2.01. The van der Waals surface area contributed by atoms with Crippen molar-refractivity contribution in [2.75, 3.05) is 19.7 Å². The highest BCUT2D eigenvalue weighted by atomic mass is 16.5. The van der Waals surface area contributed by atoms with Crippen molar-refractivity contribution in [2.45, 2.75) is 13.5 Å². The first-order valence-electron chi connectivity index (χ1n) is 5.68. The zero-order valence-corrected chi connectivity index (χ0v) is 10.0. The molecule has 17 heavy (non-hydrogen) atoms. The van der Waals surface area contributed by atoms with E-state index >= 15 is 0 Å². The number of amides is 2. The van der Waals surface area contributed by atoms with Gasteiger partial charge in [-0.25, -0.2) is 4.79 Å². The highest BCUT2D eigenvalue weighted by Crippen LogP contribution is 2.17. The van der Waals surface area contributed by atoms with Crippen molar-refractivity contribution in [1.29, 1.82) is 0 Å². The Morgan fingerprint density at radius 3 is 2.82 bits per heavy atom. The molecule has 94 valence electrons. The van der Waals surface area contributed by atoms with Crippen LogP contribution in [0.2, 0.25) is 0 Å². The van der Waals surface area contributed by atoms with Crippen LogP contribution in [0.3, 0.4) is 0 Å². The minimum atomic E-state index is -0.499. The standard InChI is InChI=1S/C12H19N3O2/c1-2-17-11-6-4-3-5-10(11)9-14-7-8-15-12(13)16/h3-6,14H,2,7-9H2,1H3,(H3,13,15,16). The minimum Gasteiger partial charge on any atom is -0.494 e. The molecule has 0 aromatic heterocycles. The summed E-state index contributed by atoms with van der Waals surface area (Å²) in [7, 11) is 0. The minimum absolute atomic E-state index is 0.499. The van der Waals surface area contributed by atoms with Crippen LogP contribution in [-0.4, -0.2) is 25.7 Å². The van der Waals surface area contributed by atoms with Gasteiger partial charge in [-0.1, -0.05) is 18.2 Å². The van der Waals surface area contributed by atoms with Gasteiger partial charge in [0.15, 0.2) is 0 Å². The first-order chi connectivity index (χ1) is 8.24. The molecular formula is C12H19N3O2. The van der Waals surface area contributed by atoms with Crippen LogP contribution in [0.5, 0.6) is 5.75 Å². The van der Waals surface area contributed by atoms with E-state index in [1.807, 2.05) is 31.2 Å². The SMILES string of the molecule is CCOc1ccccc1CNCCNC(N)=O. The number of hydrogen-bond donors (Lipinski definition) is 3. The van der Waals surface area contributed by atoms with Gasteiger partial charge < -0.3 is 21.1 Å². The number of carbonyl (C=O) groups excluding carboxylic acids is 1. The Bertz CT molecular complexity index is 355. The average molecular weight is 237 g/mol. The van der Waals surface area contributed by atoms with Crippen molar-refractivity contribution in [1.82, 2.24) is 10.6 Å². The molecular weight excluding hydrogens is 218 g/mol. The lowest BCUT2D eigenvalue weighted by molar-refractivity contribution is 0.249. The van der Waals surface area contributed by atoms with E-state index in [4.69, 9.17) is 10.5 Å². The molecule has 0 atom stereocenters. The fraction of sp³-hybridized carbons (Fsp3) is 0.417. The van der Waals surface area contributed by atoms with Crippen LogP contribution in [0.25, 0.3) is 0 Å². The molecule has 5 nitrogen and oxygen atoms in total. The van der Waals surface area contributed by atoms with Gasteiger partial charge >= 0.3 is 6.03 Å². The second-order valence-corrected chi connectivity index (χ2v) is 3.51. The quantitative estimate of drug-likeness (QED) is 0.615. The van der Waals surface area contributed by atoms with Gasteiger partial charge in [-0.05, 0) is 13.0 Å². The third-order valence-corrected chi connectivity index (χ3v) is 2.19. The van der Waals surface area contributed by atoms with Crippen molar-refractivity contribution in [3.05, 3.63) is 29.8 Å². The zero-order valence-electron chi connectivity index (χ0n) is 10.0. The lowest BCUT2D eigenvalue weighted by Gasteiger charge is -2.10. The maximum atomic E-state index is 10.4. The van der Waals surface area contributed by atoms with Gasteiger partial charge in [-0.2, -0.15) is 0 Å². The molecule has 1 rings (SSSR count). The van der Waals surface area contributed by atoms with Crippen LogP contribution in [0.1, 0.15) is 12.5 Å². The molecule has 0 heterocycles. The van der Waals surface area contributed by atoms with Gasteiger partial charge in [-0.15, -0.1) is 0 Å². The summed E-state index contributed by atoms with van der Waals surface area (Å²) in [5.74, 6) is 0.894. The van der Waals surface area contributed by atoms with Crippen LogP contribution in [0, 0.1) is 0 Å². The Labute approximate surface area is 101 Å². The van der Waals surface area contributed by atoms with Crippen molar-refractivity contribution < 1.29 is 9.53 Å². The zero-order chi connectivity index (χ0) is 12.5. The van der Waals surface area contributed by atoms with Crippen molar-refractivity contribution in [2.24, 2.45) is 5.73 Å². The molecule has 0 radical (unpaired) electrons. The van der Waals surface area contributed by atoms with Gasteiger partial charge in [0, 0.05) is 25.2 Å². The summed E-state index contributed by atoms with van der Waals surface area (Å²) in [6.45, 7) is 4.51. The third kappa shape index (κ3) is 5.21. The Morgan fingerprint density at radius 2 is 2.12 bits per heavy atom. The molecule has 0 saturated carbocycles. The number of benzene rings is 1. The van der Waals surface area contributed by atoms with E-state index in [1.54, 1.807) is 0 Å². The van der Waals surface area contributed by atoms with Crippen molar-refractivity contribution in [3.8, 4) is 5.75 Å². The summed E-state index contributed by atoms with van der Waals surface area (Å²) in [6.07, 6.45) is 0. The van der Waals surface area contributed by atoms with E-state index in [0.29, 0.717) is 26.2 Å². The second kappa shape index (κ2) is 7.51. The second-order valence-electron chi connectivity index (χ2n) is 3.51. The summed E-state index contributed by atoms with van der Waals surface area (Å²) in [5, 5.41) is 5.72. The molecule has 0 aliphatic heterocycles. The number of primary amides is 1. The average Bonchev–Trinajstić information content (AvgIpc) is 2.31. The van der Waals surface area contributed by atoms with Crippen LogP contribution < -0.4 is 21.1 Å². The Morgan fingerprint density at radius 1 is 1.35 bits per heavy atom. The third-order valence-electron chi connectivity index (χ3n) is 2.19. The topological polar surface area (TPSA) is 76.4 Å². The summed E-state index contributed by atoms with van der Waals surface area (Å²) in [4.78, 5) is 10.4. The van der Waals surface area contributed by atoms with Crippen LogP contribution in [-0.2, 0) is 6.54 Å². The fourth-order valence-electron chi connectivity index (χ4n) is 1.44. The van der Waals surface area contributed by atoms with Crippen LogP contribution >= 0.6 is 0 Å². The van der Waals surface area contributed by atoms with E-state index in [-0.39, 0.29) is 0 Å². The Balaban J connectivity index is 2.33. The molecule has 0 aliphatic carbocycles. The summed E-state index contributed by atoms with van der Waals surface area (Å²) < 4.78 is 5.50. The molecule has 0 fully saturated rings. The number of nitrogens with two attached hydrogens (primary N) is 1. The lowest BCUT2D eigenvalue weighted by Crippen LogP contribution is -2.35. The summed E-state index contributed by atoms with van der Waals surface area (Å²) >= 11 is 0. The maximum absolute atomic E-state index is 10.4. The van der Waals surface area contributed by atoms with Gasteiger partial charge in [0.25, 0.3) is 0 Å². The molecule has 0 spiro atoms. The maximum Gasteiger partial charge on any atom is 0.312 e. The van der Waals surface area contributed by atoms with Crippen molar-refractivity contribution >= 4 is 6.03 Å².